The fraction of sp³-hybridized carbons (Fsp3) is 0.667. The minimum atomic E-state index is 0.497. The van der Waals surface area contributed by atoms with Crippen LogP contribution in [0.3, 0.4) is 0 Å². The fourth-order valence-electron chi connectivity index (χ4n) is 0.942. The van der Waals surface area contributed by atoms with E-state index >= 15 is 0 Å². The second-order valence-electron chi connectivity index (χ2n) is 3.36. The molecule has 1 heterocycles. The van der Waals surface area contributed by atoms with Crippen molar-refractivity contribution in [3.05, 3.63) is 11.1 Å². The molecule has 0 aliphatic heterocycles. The zero-order valence-electron chi connectivity index (χ0n) is 8.45. The lowest BCUT2D eigenvalue weighted by Crippen LogP contribution is -2.25. The molecule has 0 fully saturated rings. The lowest BCUT2D eigenvalue weighted by molar-refractivity contribution is 0.748. The molecule has 1 rings (SSSR count). The molecule has 74 valence electrons. The first kappa shape index (κ1) is 10.5. The van der Waals surface area contributed by atoms with E-state index in [9.17, 15) is 0 Å². The molecule has 1 aromatic heterocycles. The lowest BCUT2D eigenvalue weighted by atomic mass is 10.3. The molecule has 1 aromatic rings. The second-order valence-corrected chi connectivity index (χ2v) is 4.20. The highest BCUT2D eigenvalue weighted by molar-refractivity contribution is 7.13. The predicted molar refractivity (Wildman–Crippen MR) is 58.4 cm³/mol. The SMILES string of the molecule is CC(C)N(C)c1nc(CCN)cs1. The smallest absolute Gasteiger partial charge is 0.185 e. The van der Waals surface area contributed by atoms with Crippen LogP contribution in [-0.2, 0) is 6.42 Å². The summed E-state index contributed by atoms with van der Waals surface area (Å²) in [5.74, 6) is 0. The Morgan fingerprint density at radius 3 is 2.85 bits per heavy atom. The number of anilines is 1. The van der Waals surface area contributed by atoms with Gasteiger partial charge in [0.2, 0.25) is 0 Å². The lowest BCUT2D eigenvalue weighted by Gasteiger charge is -2.19. The van der Waals surface area contributed by atoms with E-state index in [0.29, 0.717) is 12.6 Å². The van der Waals surface area contributed by atoms with Crippen molar-refractivity contribution in [2.75, 3.05) is 18.5 Å². The minimum Gasteiger partial charge on any atom is -0.349 e. The van der Waals surface area contributed by atoms with Crippen LogP contribution in [0.2, 0.25) is 0 Å². The quantitative estimate of drug-likeness (QED) is 0.799. The van der Waals surface area contributed by atoms with Crippen molar-refractivity contribution in [3.8, 4) is 0 Å². The molecule has 0 saturated carbocycles. The Bertz CT molecular complexity index is 257. The number of rotatable bonds is 4. The normalized spacial score (nSPS) is 10.8. The molecule has 0 atom stereocenters. The van der Waals surface area contributed by atoms with Crippen molar-refractivity contribution < 1.29 is 0 Å². The molecule has 3 nitrogen and oxygen atoms in total. The number of nitrogens with two attached hydrogens (primary N) is 1. The number of thiazole rings is 1. The van der Waals surface area contributed by atoms with E-state index in [-0.39, 0.29) is 0 Å². The third-order valence-electron chi connectivity index (χ3n) is 2.02. The summed E-state index contributed by atoms with van der Waals surface area (Å²) in [5.41, 5.74) is 6.56. The summed E-state index contributed by atoms with van der Waals surface area (Å²) in [4.78, 5) is 6.66. The molecule has 4 heteroatoms. The van der Waals surface area contributed by atoms with Gasteiger partial charge >= 0.3 is 0 Å². The van der Waals surface area contributed by atoms with Crippen LogP contribution in [0.5, 0.6) is 0 Å². The number of nitrogens with zero attached hydrogens (tertiary/aromatic N) is 2. The molecule has 2 N–H and O–H groups in total. The Balaban J connectivity index is 2.67. The predicted octanol–water partition coefficient (Wildman–Crippen LogP) is 1.49. The van der Waals surface area contributed by atoms with Crippen molar-refractivity contribution in [3.63, 3.8) is 0 Å². The Kier molecular flexibility index (Phi) is 3.69. The van der Waals surface area contributed by atoms with Crippen molar-refractivity contribution in [1.29, 1.82) is 0 Å². The van der Waals surface area contributed by atoms with Gasteiger partial charge in [0.1, 0.15) is 0 Å². The van der Waals surface area contributed by atoms with E-state index in [2.05, 4.69) is 36.2 Å². The van der Waals surface area contributed by atoms with Crippen LogP contribution >= 0.6 is 11.3 Å². The van der Waals surface area contributed by atoms with Crippen LogP contribution < -0.4 is 10.6 Å². The van der Waals surface area contributed by atoms with Crippen LogP contribution in [0, 0.1) is 0 Å². The molecule has 0 aliphatic rings. The maximum absolute atomic E-state index is 5.46. The van der Waals surface area contributed by atoms with Gasteiger partial charge in [-0.25, -0.2) is 4.98 Å². The highest BCUT2D eigenvalue weighted by Crippen LogP contribution is 2.20. The van der Waals surface area contributed by atoms with Crippen molar-refractivity contribution in [2.24, 2.45) is 5.73 Å². The maximum Gasteiger partial charge on any atom is 0.185 e. The largest absolute Gasteiger partial charge is 0.349 e. The summed E-state index contributed by atoms with van der Waals surface area (Å²) in [6.45, 7) is 4.99. The standard InChI is InChI=1S/C9H17N3S/c1-7(2)12(3)9-11-8(4-5-10)6-13-9/h6-7H,4-5,10H2,1-3H3. The average molecular weight is 199 g/mol. The van der Waals surface area contributed by atoms with Gasteiger partial charge in [-0.15, -0.1) is 11.3 Å². The molecular weight excluding hydrogens is 182 g/mol. The van der Waals surface area contributed by atoms with Crippen molar-refractivity contribution in [1.82, 2.24) is 4.98 Å². The average Bonchev–Trinajstić information content (AvgIpc) is 2.52. The summed E-state index contributed by atoms with van der Waals surface area (Å²) in [6.07, 6.45) is 0.877. The van der Waals surface area contributed by atoms with Crippen molar-refractivity contribution >= 4 is 16.5 Å². The van der Waals surface area contributed by atoms with E-state index in [1.807, 2.05) is 0 Å². The van der Waals surface area contributed by atoms with Gasteiger partial charge < -0.3 is 10.6 Å². The molecule has 0 radical (unpaired) electrons. The number of aromatic nitrogens is 1. The number of hydrogen-bond acceptors (Lipinski definition) is 4. The molecular formula is C9H17N3S. The van der Waals surface area contributed by atoms with Gasteiger partial charge in [0.15, 0.2) is 5.13 Å². The molecule has 0 spiro atoms. The van der Waals surface area contributed by atoms with Gasteiger partial charge in [-0.1, -0.05) is 0 Å². The zero-order chi connectivity index (χ0) is 9.84. The highest BCUT2D eigenvalue weighted by atomic mass is 32.1. The van der Waals surface area contributed by atoms with Crippen molar-refractivity contribution in [2.45, 2.75) is 26.3 Å². The second kappa shape index (κ2) is 4.58. The number of hydrogen-bond donors (Lipinski definition) is 1. The minimum absolute atomic E-state index is 0.497. The Morgan fingerprint density at radius 2 is 2.31 bits per heavy atom. The topological polar surface area (TPSA) is 42.2 Å². The first-order valence-corrected chi connectivity index (χ1v) is 5.40. The van der Waals surface area contributed by atoms with Gasteiger partial charge in [0.05, 0.1) is 5.69 Å². The first-order chi connectivity index (χ1) is 6.15. The van der Waals surface area contributed by atoms with Gasteiger partial charge in [-0.2, -0.15) is 0 Å². The van der Waals surface area contributed by atoms with Crippen LogP contribution in [0.4, 0.5) is 5.13 Å². The van der Waals surface area contributed by atoms with Crippen LogP contribution in [0.1, 0.15) is 19.5 Å². The van der Waals surface area contributed by atoms with E-state index in [1.165, 1.54) is 0 Å². The van der Waals surface area contributed by atoms with Gasteiger partial charge in [0.25, 0.3) is 0 Å². The Hall–Kier alpha value is -0.610. The molecule has 0 amide bonds. The third kappa shape index (κ3) is 2.67. The maximum atomic E-state index is 5.46. The van der Waals surface area contributed by atoms with E-state index in [1.54, 1.807) is 11.3 Å². The molecule has 0 bridgehead atoms. The van der Waals surface area contributed by atoms with Crippen LogP contribution in [-0.4, -0.2) is 24.6 Å². The van der Waals surface area contributed by atoms with Gasteiger partial charge in [-0.05, 0) is 20.4 Å². The zero-order valence-corrected chi connectivity index (χ0v) is 9.27. The summed E-state index contributed by atoms with van der Waals surface area (Å²) in [7, 11) is 2.07. The Labute approximate surface area is 83.6 Å². The summed E-state index contributed by atoms with van der Waals surface area (Å²) in [5, 5.41) is 3.17. The van der Waals surface area contributed by atoms with Crippen LogP contribution in [0.25, 0.3) is 0 Å². The molecule has 0 aliphatic carbocycles. The van der Waals surface area contributed by atoms with E-state index in [0.717, 1.165) is 17.2 Å². The van der Waals surface area contributed by atoms with Gasteiger partial charge in [0, 0.05) is 24.9 Å². The summed E-state index contributed by atoms with van der Waals surface area (Å²) >= 11 is 1.69. The van der Waals surface area contributed by atoms with E-state index < -0.39 is 0 Å². The first-order valence-electron chi connectivity index (χ1n) is 4.52. The fourth-order valence-corrected chi connectivity index (χ4v) is 1.90. The highest BCUT2D eigenvalue weighted by Gasteiger charge is 2.08. The molecule has 13 heavy (non-hydrogen) atoms. The monoisotopic (exact) mass is 199 g/mol. The summed E-state index contributed by atoms with van der Waals surface area (Å²) < 4.78 is 0. The summed E-state index contributed by atoms with van der Waals surface area (Å²) in [6, 6.07) is 0.497. The van der Waals surface area contributed by atoms with Crippen LogP contribution in [0.15, 0.2) is 5.38 Å². The molecule has 0 unspecified atom stereocenters. The Morgan fingerprint density at radius 1 is 1.62 bits per heavy atom. The van der Waals surface area contributed by atoms with Gasteiger partial charge in [-0.3, -0.25) is 0 Å². The molecule has 0 saturated heterocycles. The molecule has 0 aromatic carbocycles. The third-order valence-corrected chi connectivity index (χ3v) is 3.00. The van der Waals surface area contributed by atoms with E-state index in [4.69, 9.17) is 5.73 Å².